The van der Waals surface area contributed by atoms with Crippen LogP contribution in [-0.4, -0.2) is 11.2 Å². The molecule has 4 aliphatic carbocycles. The Kier molecular flexibility index (Phi) is 5.05. The van der Waals surface area contributed by atoms with Gasteiger partial charge in [0.25, 0.3) is 0 Å². The summed E-state index contributed by atoms with van der Waals surface area (Å²) in [4.78, 5) is 0. The Hall–Kier alpha value is -1.86. The van der Waals surface area contributed by atoms with Crippen molar-refractivity contribution in [3.63, 3.8) is 0 Å². The lowest BCUT2D eigenvalue weighted by atomic mass is 9.50. The molecule has 0 spiro atoms. The van der Waals surface area contributed by atoms with Crippen LogP contribution in [0.3, 0.4) is 0 Å². The van der Waals surface area contributed by atoms with Crippen molar-refractivity contribution in [3.05, 3.63) is 35.4 Å². The number of hydrogen-bond donors (Lipinski definition) is 1. The summed E-state index contributed by atoms with van der Waals surface area (Å²) in [5, 5.41) is 9.15. The molecule has 2 saturated carbocycles. The van der Waals surface area contributed by atoms with E-state index in [1.807, 2.05) is 0 Å². The molecular formula is C22H24F6O2. The number of halogens is 6. The maximum Gasteiger partial charge on any atom is 0.410 e. The summed E-state index contributed by atoms with van der Waals surface area (Å²) in [5.41, 5.74) is -3.61. The fourth-order valence-electron chi connectivity index (χ4n) is 5.65. The van der Waals surface area contributed by atoms with Gasteiger partial charge in [0.1, 0.15) is 17.1 Å². The second kappa shape index (κ2) is 7.09. The number of allylic oxidation sites excluding steroid dienone is 1. The number of aromatic hydroxyl groups is 1. The molecule has 2 bridgehead atoms. The summed E-state index contributed by atoms with van der Waals surface area (Å²) in [6.07, 6.45) is -1.57. The van der Waals surface area contributed by atoms with Crippen molar-refractivity contribution in [1.29, 1.82) is 0 Å². The number of hydrogen-bond acceptors (Lipinski definition) is 2. The Bertz CT molecular complexity index is 865. The minimum Gasteiger partial charge on any atom is -0.505 e. The van der Waals surface area contributed by atoms with Gasteiger partial charge in [-0.3, -0.25) is 0 Å². The van der Waals surface area contributed by atoms with Crippen molar-refractivity contribution in [2.45, 2.75) is 64.4 Å². The normalized spacial score (nSPS) is 34.4. The Morgan fingerprint density at radius 3 is 2.10 bits per heavy atom. The van der Waals surface area contributed by atoms with E-state index in [1.54, 1.807) is 0 Å². The molecule has 1 aromatic carbocycles. The number of phenolic OH excluding ortho intramolecular Hbond substituents is 1. The fourth-order valence-corrected chi connectivity index (χ4v) is 5.65. The van der Waals surface area contributed by atoms with Gasteiger partial charge >= 0.3 is 6.11 Å². The third-order valence-electron chi connectivity index (χ3n) is 7.66. The quantitative estimate of drug-likeness (QED) is 0.509. The predicted octanol–water partition coefficient (Wildman–Crippen LogP) is 7.18. The molecule has 0 amide bonds. The number of ether oxygens (including phenoxy) is 1. The predicted molar refractivity (Wildman–Crippen MR) is 97.3 cm³/mol. The molecule has 166 valence electrons. The average Bonchev–Trinajstić information content (AvgIpc) is 2.72. The van der Waals surface area contributed by atoms with Gasteiger partial charge in [0.2, 0.25) is 11.6 Å². The minimum atomic E-state index is -4.30. The van der Waals surface area contributed by atoms with Crippen LogP contribution in [0, 0.1) is 34.3 Å². The van der Waals surface area contributed by atoms with Crippen LogP contribution in [-0.2, 0) is 0 Å². The topological polar surface area (TPSA) is 29.5 Å². The summed E-state index contributed by atoms with van der Waals surface area (Å²) >= 11 is 0. The summed E-state index contributed by atoms with van der Waals surface area (Å²) < 4.78 is 92.6. The van der Waals surface area contributed by atoms with Crippen molar-refractivity contribution >= 4 is 0 Å². The number of benzene rings is 1. The fraction of sp³-hybridized carbons (Fsp3) is 0.636. The van der Waals surface area contributed by atoms with E-state index in [0.717, 1.165) is 25.7 Å². The lowest BCUT2D eigenvalue weighted by Crippen LogP contribution is -2.56. The van der Waals surface area contributed by atoms with E-state index < -0.39 is 51.7 Å². The van der Waals surface area contributed by atoms with Crippen LogP contribution >= 0.6 is 0 Å². The molecule has 0 aromatic heterocycles. The molecule has 0 saturated heterocycles. The SMILES string of the molecule is CC1CCC(C23CCC(C(F)(F)Oc4ccc(O)c(F)c4F)(CC2)C(F)=C3F)CC1. The zero-order chi connectivity index (χ0) is 21.9. The molecule has 5 rings (SSSR count). The average molecular weight is 434 g/mol. The zero-order valence-corrected chi connectivity index (χ0v) is 16.6. The molecule has 30 heavy (non-hydrogen) atoms. The minimum absolute atomic E-state index is 0.0661. The molecule has 0 heterocycles. The molecule has 0 aliphatic heterocycles. The highest BCUT2D eigenvalue weighted by atomic mass is 19.3. The van der Waals surface area contributed by atoms with E-state index >= 15 is 17.6 Å². The van der Waals surface area contributed by atoms with Crippen molar-refractivity contribution in [2.75, 3.05) is 0 Å². The molecule has 1 aromatic rings. The second-order valence-corrected chi connectivity index (χ2v) is 9.15. The Morgan fingerprint density at radius 2 is 1.50 bits per heavy atom. The van der Waals surface area contributed by atoms with Gasteiger partial charge < -0.3 is 9.84 Å². The summed E-state index contributed by atoms with van der Waals surface area (Å²) in [7, 11) is 0. The standard InChI is InChI=1S/C22H24F6O2/c1-12-2-4-13(5-3-12)20-8-10-21(11-9-20,19(26)18(20)25)22(27,28)30-15-7-6-14(29)16(23)17(15)24/h6-7,12-13,29H,2-5,8-11H2,1H3. The van der Waals surface area contributed by atoms with Gasteiger partial charge in [-0.15, -0.1) is 0 Å². The largest absolute Gasteiger partial charge is 0.505 e. The van der Waals surface area contributed by atoms with Gasteiger partial charge in [-0.2, -0.15) is 17.6 Å². The summed E-state index contributed by atoms with van der Waals surface area (Å²) in [5.74, 6) is -8.02. The highest BCUT2D eigenvalue weighted by Gasteiger charge is 2.69. The maximum absolute atomic E-state index is 15.3. The molecule has 0 unspecified atom stereocenters. The van der Waals surface area contributed by atoms with Crippen LogP contribution in [0.15, 0.2) is 23.8 Å². The zero-order valence-electron chi connectivity index (χ0n) is 16.6. The van der Waals surface area contributed by atoms with Gasteiger partial charge in [-0.1, -0.05) is 19.8 Å². The van der Waals surface area contributed by atoms with Crippen molar-refractivity contribution < 1.29 is 36.2 Å². The summed E-state index contributed by atoms with van der Waals surface area (Å²) in [6.45, 7) is 2.11. The highest BCUT2D eigenvalue weighted by Crippen LogP contribution is 2.68. The maximum atomic E-state index is 15.3. The van der Waals surface area contributed by atoms with E-state index in [-0.39, 0.29) is 31.6 Å². The number of phenols is 1. The van der Waals surface area contributed by atoms with E-state index in [0.29, 0.717) is 18.1 Å². The molecular weight excluding hydrogens is 410 g/mol. The van der Waals surface area contributed by atoms with Crippen LogP contribution in [0.5, 0.6) is 11.5 Å². The number of fused-ring (bicyclic) bond motifs is 2. The lowest BCUT2D eigenvalue weighted by molar-refractivity contribution is -0.274. The molecule has 4 aliphatic rings. The number of alkyl halides is 2. The highest BCUT2D eigenvalue weighted by molar-refractivity contribution is 5.36. The van der Waals surface area contributed by atoms with Gasteiger partial charge in [0.15, 0.2) is 11.5 Å². The Morgan fingerprint density at radius 1 is 0.900 bits per heavy atom. The van der Waals surface area contributed by atoms with Gasteiger partial charge in [-0.05, 0) is 62.5 Å². The van der Waals surface area contributed by atoms with Crippen molar-refractivity contribution in [2.24, 2.45) is 22.7 Å². The molecule has 0 atom stereocenters. The first-order chi connectivity index (χ1) is 14.0. The van der Waals surface area contributed by atoms with Crippen LogP contribution in [0.4, 0.5) is 26.3 Å². The smallest absolute Gasteiger partial charge is 0.410 e. The first-order valence-electron chi connectivity index (χ1n) is 10.3. The van der Waals surface area contributed by atoms with E-state index in [2.05, 4.69) is 11.7 Å². The van der Waals surface area contributed by atoms with Crippen LogP contribution in [0.2, 0.25) is 0 Å². The molecule has 8 heteroatoms. The monoisotopic (exact) mass is 434 g/mol. The van der Waals surface area contributed by atoms with Gasteiger partial charge in [0.05, 0.1) is 0 Å². The van der Waals surface area contributed by atoms with Gasteiger partial charge in [-0.25, -0.2) is 8.78 Å². The van der Waals surface area contributed by atoms with E-state index in [4.69, 9.17) is 5.11 Å². The first kappa shape index (κ1) is 21.4. The lowest BCUT2D eigenvalue weighted by Gasteiger charge is -2.55. The number of rotatable bonds is 4. The van der Waals surface area contributed by atoms with Crippen LogP contribution < -0.4 is 4.74 Å². The van der Waals surface area contributed by atoms with Crippen molar-refractivity contribution in [1.82, 2.24) is 0 Å². The second-order valence-electron chi connectivity index (χ2n) is 9.15. The van der Waals surface area contributed by atoms with Crippen LogP contribution in [0.25, 0.3) is 0 Å². The van der Waals surface area contributed by atoms with E-state index in [9.17, 15) is 8.78 Å². The third kappa shape index (κ3) is 2.93. The third-order valence-corrected chi connectivity index (χ3v) is 7.66. The van der Waals surface area contributed by atoms with E-state index in [1.165, 1.54) is 0 Å². The first-order valence-corrected chi connectivity index (χ1v) is 10.3. The molecule has 1 N–H and O–H groups in total. The van der Waals surface area contributed by atoms with Crippen LogP contribution in [0.1, 0.15) is 58.3 Å². The summed E-state index contributed by atoms with van der Waals surface area (Å²) in [6, 6.07) is 1.29. The van der Waals surface area contributed by atoms with Crippen molar-refractivity contribution in [3.8, 4) is 11.5 Å². The van der Waals surface area contributed by atoms with Gasteiger partial charge in [0, 0.05) is 5.41 Å². The molecule has 0 radical (unpaired) electrons. The molecule has 2 nitrogen and oxygen atoms in total. The Balaban J connectivity index is 1.66. The molecule has 2 fully saturated rings. The Labute approximate surface area is 170 Å².